The van der Waals surface area contributed by atoms with Crippen molar-refractivity contribution in [1.82, 2.24) is 9.55 Å². The molecule has 0 fully saturated rings. The number of aromatic nitrogens is 2. The highest BCUT2D eigenvalue weighted by atomic mass is 35.5. The van der Waals surface area contributed by atoms with Gasteiger partial charge in [-0.25, -0.2) is 4.98 Å². The van der Waals surface area contributed by atoms with Gasteiger partial charge >= 0.3 is 0 Å². The first kappa shape index (κ1) is 16.0. The molecule has 0 atom stereocenters. The Morgan fingerprint density at radius 2 is 1.96 bits per heavy atom. The largest absolute Gasteiger partial charge is 0.497 e. The van der Waals surface area contributed by atoms with Gasteiger partial charge in [0, 0.05) is 16.3 Å². The molecule has 23 heavy (non-hydrogen) atoms. The fourth-order valence-electron chi connectivity index (χ4n) is 2.40. The van der Waals surface area contributed by atoms with Crippen LogP contribution in [0.25, 0.3) is 16.9 Å². The molecule has 0 N–H and O–H groups in total. The molecule has 5 heteroatoms. The summed E-state index contributed by atoms with van der Waals surface area (Å²) >= 11 is 7.88. The zero-order valence-corrected chi connectivity index (χ0v) is 14.6. The van der Waals surface area contributed by atoms with Crippen molar-refractivity contribution in [3.63, 3.8) is 0 Å². The zero-order valence-electron chi connectivity index (χ0n) is 13.0. The molecule has 0 aliphatic rings. The van der Waals surface area contributed by atoms with E-state index in [-0.39, 0.29) is 0 Å². The Bertz CT molecular complexity index is 799. The second-order valence-electron chi connectivity index (χ2n) is 4.90. The number of halogens is 1. The molecule has 1 aromatic heterocycles. The van der Waals surface area contributed by atoms with Gasteiger partial charge in [0.25, 0.3) is 0 Å². The van der Waals surface area contributed by atoms with Crippen LogP contribution >= 0.6 is 23.4 Å². The fraction of sp³-hybridized carbons (Fsp3) is 0.167. The summed E-state index contributed by atoms with van der Waals surface area (Å²) in [4.78, 5) is 4.58. The third kappa shape index (κ3) is 3.38. The summed E-state index contributed by atoms with van der Waals surface area (Å²) < 4.78 is 7.38. The molecule has 118 valence electrons. The van der Waals surface area contributed by atoms with E-state index >= 15 is 0 Å². The summed E-state index contributed by atoms with van der Waals surface area (Å²) in [5, 5.41) is 1.67. The van der Waals surface area contributed by atoms with Crippen LogP contribution in [0.3, 0.4) is 0 Å². The summed E-state index contributed by atoms with van der Waals surface area (Å²) in [5.41, 5.74) is 3.13. The molecule has 0 unspecified atom stereocenters. The van der Waals surface area contributed by atoms with Crippen molar-refractivity contribution in [1.29, 1.82) is 0 Å². The van der Waals surface area contributed by atoms with E-state index in [9.17, 15) is 0 Å². The predicted molar refractivity (Wildman–Crippen MR) is 97.0 cm³/mol. The van der Waals surface area contributed by atoms with E-state index in [1.807, 2.05) is 54.7 Å². The summed E-state index contributed by atoms with van der Waals surface area (Å²) in [5.74, 6) is 1.80. The van der Waals surface area contributed by atoms with E-state index in [0.717, 1.165) is 33.6 Å². The van der Waals surface area contributed by atoms with E-state index in [4.69, 9.17) is 16.3 Å². The third-order valence-electron chi connectivity index (χ3n) is 3.46. The van der Waals surface area contributed by atoms with Gasteiger partial charge in [-0.3, -0.25) is 4.57 Å². The van der Waals surface area contributed by atoms with Crippen molar-refractivity contribution >= 4 is 23.4 Å². The highest BCUT2D eigenvalue weighted by molar-refractivity contribution is 7.99. The smallest absolute Gasteiger partial charge is 0.173 e. The number of nitrogens with zero attached hydrogens (tertiary/aromatic N) is 2. The second kappa shape index (κ2) is 7.11. The molecule has 0 radical (unpaired) electrons. The van der Waals surface area contributed by atoms with E-state index in [0.29, 0.717) is 5.02 Å². The summed E-state index contributed by atoms with van der Waals surface area (Å²) in [6.07, 6.45) is 1.90. The first-order chi connectivity index (χ1) is 11.2. The van der Waals surface area contributed by atoms with E-state index < -0.39 is 0 Å². The van der Waals surface area contributed by atoms with Gasteiger partial charge < -0.3 is 4.74 Å². The highest BCUT2D eigenvalue weighted by Gasteiger charge is 2.14. The monoisotopic (exact) mass is 344 g/mol. The van der Waals surface area contributed by atoms with E-state index in [1.165, 1.54) is 0 Å². The van der Waals surface area contributed by atoms with Crippen molar-refractivity contribution in [2.45, 2.75) is 12.1 Å². The molecule has 0 aliphatic carbocycles. The lowest BCUT2D eigenvalue weighted by Crippen LogP contribution is -1.99. The van der Waals surface area contributed by atoms with Gasteiger partial charge in [0.05, 0.1) is 19.0 Å². The minimum absolute atomic E-state index is 0.712. The maximum atomic E-state index is 6.17. The van der Waals surface area contributed by atoms with Gasteiger partial charge in [-0.1, -0.05) is 36.4 Å². The molecular formula is C18H17ClN2OS. The number of thioether (sulfide) groups is 1. The van der Waals surface area contributed by atoms with Crippen molar-refractivity contribution in [2.75, 3.05) is 12.9 Å². The molecule has 0 amide bonds. The van der Waals surface area contributed by atoms with Crippen LogP contribution < -0.4 is 4.74 Å². The summed E-state index contributed by atoms with van der Waals surface area (Å²) in [7, 11) is 1.67. The van der Waals surface area contributed by atoms with Gasteiger partial charge in [-0.2, -0.15) is 0 Å². The van der Waals surface area contributed by atoms with Gasteiger partial charge in [-0.05, 0) is 48.2 Å². The molecule has 0 saturated heterocycles. The van der Waals surface area contributed by atoms with Gasteiger partial charge in [0.2, 0.25) is 0 Å². The van der Waals surface area contributed by atoms with Crippen LogP contribution in [0.2, 0.25) is 5.02 Å². The van der Waals surface area contributed by atoms with Crippen molar-refractivity contribution in [3.05, 3.63) is 59.8 Å². The Morgan fingerprint density at radius 3 is 2.61 bits per heavy atom. The van der Waals surface area contributed by atoms with Crippen LogP contribution in [-0.2, 0) is 0 Å². The Kier molecular flexibility index (Phi) is 4.94. The SMILES string of the molecule is CCSc1ncc(-c2ccc(OC)cc2)n1-c1cccc(Cl)c1. The minimum Gasteiger partial charge on any atom is -0.497 e. The number of ether oxygens (including phenoxy) is 1. The molecule has 2 aromatic carbocycles. The molecule has 1 heterocycles. The van der Waals surface area contributed by atoms with Crippen molar-refractivity contribution < 1.29 is 4.74 Å². The molecule has 0 aliphatic heterocycles. The maximum absolute atomic E-state index is 6.17. The van der Waals surface area contributed by atoms with E-state index in [1.54, 1.807) is 18.9 Å². The Labute approximate surface area is 145 Å². The summed E-state index contributed by atoms with van der Waals surface area (Å²) in [6, 6.07) is 15.8. The standard InChI is InChI=1S/C18H17ClN2OS/c1-3-23-18-20-12-17(13-7-9-16(22-2)10-8-13)21(18)15-6-4-5-14(19)11-15/h4-12H,3H2,1-2H3. The van der Waals surface area contributed by atoms with Crippen LogP contribution in [0.15, 0.2) is 59.9 Å². The first-order valence-electron chi connectivity index (χ1n) is 7.34. The normalized spacial score (nSPS) is 10.7. The zero-order chi connectivity index (χ0) is 16.2. The maximum Gasteiger partial charge on any atom is 0.173 e. The summed E-state index contributed by atoms with van der Waals surface area (Å²) in [6.45, 7) is 2.12. The first-order valence-corrected chi connectivity index (χ1v) is 8.70. The van der Waals surface area contributed by atoms with Gasteiger partial charge in [-0.15, -0.1) is 0 Å². The van der Waals surface area contributed by atoms with Crippen molar-refractivity contribution in [2.24, 2.45) is 0 Å². The van der Waals surface area contributed by atoms with Gasteiger partial charge in [0.15, 0.2) is 5.16 Å². The molecule has 0 bridgehead atoms. The van der Waals surface area contributed by atoms with Crippen LogP contribution in [0.4, 0.5) is 0 Å². The van der Waals surface area contributed by atoms with E-state index in [2.05, 4.69) is 16.5 Å². The fourth-order valence-corrected chi connectivity index (χ4v) is 3.30. The number of hydrogen-bond acceptors (Lipinski definition) is 3. The average molecular weight is 345 g/mol. The highest BCUT2D eigenvalue weighted by Crippen LogP contribution is 2.31. The Hall–Kier alpha value is -1.91. The van der Waals surface area contributed by atoms with Crippen molar-refractivity contribution in [3.8, 4) is 22.7 Å². The number of methoxy groups -OCH3 is 1. The van der Waals surface area contributed by atoms with Crippen LogP contribution in [0.1, 0.15) is 6.92 Å². The quantitative estimate of drug-likeness (QED) is 0.586. The van der Waals surface area contributed by atoms with Gasteiger partial charge in [0.1, 0.15) is 5.75 Å². The lowest BCUT2D eigenvalue weighted by molar-refractivity contribution is 0.415. The minimum atomic E-state index is 0.712. The number of imidazole rings is 1. The molecule has 3 nitrogen and oxygen atoms in total. The average Bonchev–Trinajstić information content (AvgIpc) is 2.99. The number of hydrogen-bond donors (Lipinski definition) is 0. The predicted octanol–water partition coefficient (Wildman–Crippen LogP) is 5.31. The van der Waals surface area contributed by atoms with Crippen LogP contribution in [-0.4, -0.2) is 22.4 Å². The lowest BCUT2D eigenvalue weighted by Gasteiger charge is -2.12. The molecule has 3 aromatic rings. The van der Waals surface area contributed by atoms with Crippen LogP contribution in [0.5, 0.6) is 5.75 Å². The Balaban J connectivity index is 2.13. The lowest BCUT2D eigenvalue weighted by atomic mass is 10.1. The molecule has 0 spiro atoms. The molecular weight excluding hydrogens is 328 g/mol. The molecule has 3 rings (SSSR count). The molecule has 0 saturated carbocycles. The third-order valence-corrected chi connectivity index (χ3v) is 4.53. The van der Waals surface area contributed by atoms with Crippen LogP contribution in [0, 0.1) is 0 Å². The topological polar surface area (TPSA) is 27.1 Å². The number of benzene rings is 2. The number of rotatable bonds is 5. The Morgan fingerprint density at radius 1 is 1.17 bits per heavy atom. The second-order valence-corrected chi connectivity index (χ2v) is 6.57.